The standard InChI is InChI=1S/C21H27N5O6.C2H2O4/c1-15(27)17-13-16(5-6-18(17)26(30)31)32-12-4-7-24-8-10-25(11-9-24)19-14-20(28)23(3)21(29)22(19)2;3-1(4)2(5)6/h5-6,13-14H,4,7-12H2,1-3H3;(H,3,4)(H,5,6). The first kappa shape index (κ1) is 29.7. The molecular formula is C23H29N5O10. The summed E-state index contributed by atoms with van der Waals surface area (Å²) in [6.45, 7) is 5.48. The first-order valence-corrected chi connectivity index (χ1v) is 11.5. The van der Waals surface area contributed by atoms with E-state index in [9.17, 15) is 24.5 Å². The van der Waals surface area contributed by atoms with Crippen LogP contribution in [0.3, 0.4) is 0 Å². The molecule has 1 aliphatic rings. The van der Waals surface area contributed by atoms with Crippen LogP contribution in [0.2, 0.25) is 0 Å². The SMILES string of the molecule is CC(=O)c1cc(OCCCN2CCN(c3cc(=O)n(C)c(=O)n3C)CC2)ccc1[N+](=O)[O-].O=C(O)C(=O)O. The van der Waals surface area contributed by atoms with Gasteiger partial charge in [0.25, 0.3) is 11.2 Å². The second-order valence-corrected chi connectivity index (χ2v) is 8.37. The third-order valence-electron chi connectivity index (χ3n) is 5.81. The fourth-order valence-corrected chi connectivity index (χ4v) is 3.75. The summed E-state index contributed by atoms with van der Waals surface area (Å²) in [5, 5.41) is 25.8. The number of carbonyl (C=O) groups excluding carboxylic acids is 1. The summed E-state index contributed by atoms with van der Waals surface area (Å²) in [6, 6.07) is 5.69. The van der Waals surface area contributed by atoms with Crippen molar-refractivity contribution in [3.8, 4) is 5.75 Å². The second kappa shape index (κ2) is 13.1. The molecule has 0 bridgehead atoms. The Labute approximate surface area is 216 Å². The number of rotatable bonds is 8. The highest BCUT2D eigenvalue weighted by Gasteiger charge is 2.21. The summed E-state index contributed by atoms with van der Waals surface area (Å²) in [5.41, 5.74) is -0.849. The Balaban J connectivity index is 0.000000757. The summed E-state index contributed by atoms with van der Waals surface area (Å²) in [6.07, 6.45) is 0.747. The van der Waals surface area contributed by atoms with Crippen LogP contribution >= 0.6 is 0 Å². The number of aromatic nitrogens is 2. The Morgan fingerprint density at radius 3 is 2.13 bits per heavy atom. The van der Waals surface area contributed by atoms with Gasteiger partial charge in [0, 0.05) is 59.0 Å². The van der Waals surface area contributed by atoms with Gasteiger partial charge in [-0.15, -0.1) is 0 Å². The smallest absolute Gasteiger partial charge is 0.414 e. The third-order valence-corrected chi connectivity index (χ3v) is 5.81. The number of anilines is 1. The van der Waals surface area contributed by atoms with Gasteiger partial charge in [-0.25, -0.2) is 14.4 Å². The van der Waals surface area contributed by atoms with E-state index in [4.69, 9.17) is 24.5 Å². The van der Waals surface area contributed by atoms with Gasteiger partial charge in [0.1, 0.15) is 11.6 Å². The van der Waals surface area contributed by atoms with Crippen molar-refractivity contribution in [2.45, 2.75) is 13.3 Å². The molecular weight excluding hydrogens is 506 g/mol. The van der Waals surface area contributed by atoms with Gasteiger partial charge in [-0.1, -0.05) is 0 Å². The zero-order chi connectivity index (χ0) is 28.6. The number of hydrogen-bond acceptors (Lipinski definition) is 10. The van der Waals surface area contributed by atoms with Crippen LogP contribution in [0, 0.1) is 10.1 Å². The molecule has 3 rings (SSSR count). The maximum atomic E-state index is 12.1. The summed E-state index contributed by atoms with van der Waals surface area (Å²) < 4.78 is 8.26. The minimum Gasteiger partial charge on any atom is -0.494 e. The summed E-state index contributed by atoms with van der Waals surface area (Å²) in [4.78, 5) is 68.7. The topological polar surface area (TPSA) is 195 Å². The molecule has 15 nitrogen and oxygen atoms in total. The molecule has 38 heavy (non-hydrogen) atoms. The zero-order valence-electron chi connectivity index (χ0n) is 21.2. The lowest BCUT2D eigenvalue weighted by molar-refractivity contribution is -0.385. The van der Waals surface area contributed by atoms with E-state index in [2.05, 4.69) is 4.90 Å². The number of hydrogen-bond donors (Lipinski definition) is 2. The van der Waals surface area contributed by atoms with Crippen molar-refractivity contribution in [2.24, 2.45) is 14.1 Å². The van der Waals surface area contributed by atoms with E-state index < -0.39 is 16.9 Å². The minimum atomic E-state index is -1.82. The van der Waals surface area contributed by atoms with Crippen molar-refractivity contribution < 1.29 is 34.3 Å². The van der Waals surface area contributed by atoms with Crippen molar-refractivity contribution >= 4 is 29.2 Å². The first-order valence-electron chi connectivity index (χ1n) is 11.5. The lowest BCUT2D eigenvalue weighted by atomic mass is 10.1. The van der Waals surface area contributed by atoms with Crippen molar-refractivity contribution in [3.05, 3.63) is 60.8 Å². The van der Waals surface area contributed by atoms with Gasteiger partial charge in [-0.3, -0.25) is 33.7 Å². The van der Waals surface area contributed by atoms with Crippen LogP contribution in [0.25, 0.3) is 0 Å². The van der Waals surface area contributed by atoms with E-state index in [0.717, 1.165) is 30.6 Å². The van der Waals surface area contributed by atoms with Gasteiger partial charge in [0.05, 0.1) is 17.1 Å². The van der Waals surface area contributed by atoms with Crippen molar-refractivity contribution in [2.75, 3.05) is 44.2 Å². The molecule has 1 aromatic heterocycles. The van der Waals surface area contributed by atoms with Gasteiger partial charge >= 0.3 is 17.6 Å². The Kier molecular flexibility index (Phi) is 10.3. The van der Waals surface area contributed by atoms with E-state index >= 15 is 0 Å². The highest BCUT2D eigenvalue weighted by Crippen LogP contribution is 2.24. The molecule has 1 aliphatic heterocycles. The maximum absolute atomic E-state index is 12.1. The van der Waals surface area contributed by atoms with Gasteiger partial charge in [-0.2, -0.15) is 0 Å². The molecule has 2 heterocycles. The number of nitro groups is 1. The Morgan fingerprint density at radius 2 is 1.61 bits per heavy atom. The largest absolute Gasteiger partial charge is 0.494 e. The number of piperazine rings is 1. The van der Waals surface area contributed by atoms with Crippen LogP contribution in [0.4, 0.5) is 11.5 Å². The zero-order valence-corrected chi connectivity index (χ0v) is 21.2. The summed E-state index contributed by atoms with van der Waals surface area (Å²) >= 11 is 0. The molecule has 0 amide bonds. The number of carbonyl (C=O) groups is 3. The van der Waals surface area contributed by atoms with Gasteiger partial charge in [0.2, 0.25) is 0 Å². The number of nitro benzene ring substituents is 1. The number of ether oxygens (including phenoxy) is 1. The highest BCUT2D eigenvalue weighted by atomic mass is 16.6. The molecule has 0 atom stereocenters. The van der Waals surface area contributed by atoms with E-state index in [0.29, 0.717) is 31.3 Å². The highest BCUT2D eigenvalue weighted by molar-refractivity contribution is 6.27. The van der Waals surface area contributed by atoms with E-state index in [1.807, 2.05) is 4.90 Å². The van der Waals surface area contributed by atoms with Crippen LogP contribution in [0.1, 0.15) is 23.7 Å². The molecule has 1 saturated heterocycles. The predicted octanol–water partition coefficient (Wildman–Crippen LogP) is -0.0585. The number of aliphatic carboxylic acids is 2. The molecule has 0 aliphatic carbocycles. The fourth-order valence-electron chi connectivity index (χ4n) is 3.75. The normalized spacial score (nSPS) is 13.3. The Bertz CT molecular complexity index is 1310. The van der Waals surface area contributed by atoms with Crippen molar-refractivity contribution in [1.29, 1.82) is 0 Å². The summed E-state index contributed by atoms with van der Waals surface area (Å²) in [7, 11) is 3.13. The molecule has 2 N–H and O–H groups in total. The van der Waals surface area contributed by atoms with Crippen LogP contribution in [-0.4, -0.2) is 86.2 Å². The number of carboxylic acids is 2. The summed E-state index contributed by atoms with van der Waals surface area (Å²) in [5.74, 6) is -2.98. The van der Waals surface area contributed by atoms with E-state index in [1.54, 1.807) is 7.05 Å². The number of Topliss-reactive ketones (excluding diaryl/α,β-unsaturated/α-hetero) is 1. The molecule has 0 radical (unpaired) electrons. The molecule has 2 aromatic rings. The average Bonchev–Trinajstić information content (AvgIpc) is 2.88. The quantitative estimate of drug-likeness (QED) is 0.151. The molecule has 0 saturated carbocycles. The predicted molar refractivity (Wildman–Crippen MR) is 134 cm³/mol. The third kappa shape index (κ3) is 7.73. The monoisotopic (exact) mass is 535 g/mol. The number of ketones is 1. The molecule has 206 valence electrons. The molecule has 1 aromatic carbocycles. The number of nitrogens with zero attached hydrogens (tertiary/aromatic N) is 5. The molecule has 0 spiro atoms. The molecule has 15 heteroatoms. The number of benzene rings is 1. The Hall–Kier alpha value is -4.53. The van der Waals surface area contributed by atoms with Gasteiger partial charge < -0.3 is 19.8 Å². The van der Waals surface area contributed by atoms with Crippen LogP contribution in [0.5, 0.6) is 5.75 Å². The van der Waals surface area contributed by atoms with Crippen LogP contribution < -0.4 is 20.9 Å². The lowest BCUT2D eigenvalue weighted by Gasteiger charge is -2.36. The van der Waals surface area contributed by atoms with Gasteiger partial charge in [0.15, 0.2) is 5.78 Å². The lowest BCUT2D eigenvalue weighted by Crippen LogP contribution is -2.49. The maximum Gasteiger partial charge on any atom is 0.414 e. The molecule has 1 fully saturated rings. The van der Waals surface area contributed by atoms with Crippen LogP contribution in [-0.2, 0) is 23.7 Å². The number of carboxylic acid groups (broad SMARTS) is 2. The first-order chi connectivity index (χ1) is 17.8. The second-order valence-electron chi connectivity index (χ2n) is 8.37. The van der Waals surface area contributed by atoms with Gasteiger partial charge in [-0.05, 0) is 25.5 Å². The Morgan fingerprint density at radius 1 is 1.00 bits per heavy atom. The van der Waals surface area contributed by atoms with Crippen molar-refractivity contribution in [3.63, 3.8) is 0 Å². The van der Waals surface area contributed by atoms with E-state index in [1.165, 1.54) is 42.8 Å². The fraction of sp³-hybridized carbons (Fsp3) is 0.435. The van der Waals surface area contributed by atoms with E-state index in [-0.39, 0.29) is 28.3 Å². The van der Waals surface area contributed by atoms with Crippen molar-refractivity contribution in [1.82, 2.24) is 14.0 Å². The minimum absolute atomic E-state index is 0.0359. The van der Waals surface area contributed by atoms with Crippen LogP contribution in [0.15, 0.2) is 33.9 Å². The average molecular weight is 536 g/mol. The molecule has 0 unspecified atom stereocenters.